The average molecular weight is 364 g/mol. The first kappa shape index (κ1) is 16.6. The molecule has 28 heavy (non-hydrogen) atoms. The van der Waals surface area contributed by atoms with Gasteiger partial charge >= 0.3 is 0 Å². The molecule has 2 heteroatoms. The van der Waals surface area contributed by atoms with Crippen LogP contribution in [0.5, 0.6) is 11.5 Å². The Balaban J connectivity index is 2.34. The van der Waals surface area contributed by atoms with Crippen molar-refractivity contribution in [2.75, 3.05) is 14.2 Å². The molecule has 0 aromatic heterocycles. The molecule has 0 fully saturated rings. The maximum absolute atomic E-state index is 5.54. The summed E-state index contributed by atoms with van der Waals surface area (Å²) >= 11 is 0. The number of ether oxygens (including phenoxy) is 2. The summed E-state index contributed by atoms with van der Waals surface area (Å²) in [6.45, 7) is 0. The van der Waals surface area contributed by atoms with E-state index in [1.807, 2.05) is 12.1 Å². The summed E-state index contributed by atoms with van der Waals surface area (Å²) in [5.41, 5.74) is 0. The molecule has 1 aliphatic carbocycles. The van der Waals surface area contributed by atoms with Crippen LogP contribution < -0.4 is 9.47 Å². The van der Waals surface area contributed by atoms with Crippen molar-refractivity contribution in [3.05, 3.63) is 127 Å². The minimum absolute atomic E-state index is 0.863. The molecule has 4 aromatic carbocycles. The van der Waals surface area contributed by atoms with E-state index >= 15 is 0 Å². The summed E-state index contributed by atoms with van der Waals surface area (Å²) in [6.07, 6.45) is 0. The van der Waals surface area contributed by atoms with Crippen LogP contribution in [0.1, 0.15) is 0 Å². The van der Waals surface area contributed by atoms with Gasteiger partial charge < -0.3 is 9.47 Å². The summed E-state index contributed by atoms with van der Waals surface area (Å²) in [4.78, 5) is 0. The molecule has 0 heterocycles. The summed E-state index contributed by atoms with van der Waals surface area (Å²) in [7, 11) is 3.43. The van der Waals surface area contributed by atoms with Gasteiger partial charge in [-0.15, -0.1) is 0 Å². The van der Waals surface area contributed by atoms with E-state index in [1.54, 1.807) is 14.2 Å². The van der Waals surface area contributed by atoms with Gasteiger partial charge in [0.15, 0.2) is 0 Å². The average Bonchev–Trinajstić information content (AvgIpc) is 2.77. The van der Waals surface area contributed by atoms with Crippen LogP contribution in [0.25, 0.3) is 0 Å². The Morgan fingerprint density at radius 3 is 1.07 bits per heavy atom. The Morgan fingerprint density at radius 2 is 0.714 bits per heavy atom. The number of rotatable bonds is 2. The van der Waals surface area contributed by atoms with E-state index in [1.165, 1.54) is 41.7 Å². The highest BCUT2D eigenvalue weighted by Crippen LogP contribution is 2.19. The van der Waals surface area contributed by atoms with E-state index in [4.69, 9.17) is 9.47 Å². The molecule has 0 unspecified atom stereocenters. The Labute approximate surface area is 162 Å². The second-order valence-electron chi connectivity index (χ2n) is 6.91. The third kappa shape index (κ3) is 2.49. The lowest BCUT2D eigenvalue weighted by Gasteiger charge is -2.05. The highest BCUT2D eigenvalue weighted by atomic mass is 16.5. The lowest BCUT2D eigenvalue weighted by atomic mass is 10.0. The maximum Gasteiger partial charge on any atom is 0.119 e. The molecule has 2 nitrogen and oxygen atoms in total. The minimum Gasteiger partial charge on any atom is -0.497 e. The van der Waals surface area contributed by atoms with Crippen LogP contribution in [0.3, 0.4) is 0 Å². The van der Waals surface area contributed by atoms with Gasteiger partial charge in [-0.1, -0.05) is 60.7 Å². The lowest BCUT2D eigenvalue weighted by molar-refractivity contribution is 0.414. The Morgan fingerprint density at radius 1 is 0.393 bits per heavy atom. The van der Waals surface area contributed by atoms with Crippen LogP contribution in [-0.2, 0) is 0 Å². The van der Waals surface area contributed by atoms with E-state index in [2.05, 4.69) is 72.8 Å². The van der Waals surface area contributed by atoms with Crippen molar-refractivity contribution in [3.63, 3.8) is 0 Å². The standard InChI is InChI=1S/C26H20O2/c1-27-17-11-13-23-20-8-4-6-10-22(20)26-16-18(28-2)12-14-24(26)19-7-3-5-9-21(19)25(23)15-17/h3-16H,1-2H3/b23-20-,24-19-,25-21-,26-22-. The number of fused-ring (bicyclic) bond motifs is 4. The van der Waals surface area contributed by atoms with Crippen LogP contribution in [0.4, 0.5) is 0 Å². The van der Waals surface area contributed by atoms with E-state index in [0.29, 0.717) is 0 Å². The van der Waals surface area contributed by atoms with Crippen molar-refractivity contribution in [3.8, 4) is 11.5 Å². The molecule has 0 N–H and O–H groups in total. The van der Waals surface area contributed by atoms with Gasteiger partial charge in [0.1, 0.15) is 11.5 Å². The van der Waals surface area contributed by atoms with Crippen molar-refractivity contribution in [2.24, 2.45) is 0 Å². The third-order valence-corrected chi connectivity index (χ3v) is 5.47. The van der Waals surface area contributed by atoms with Crippen molar-refractivity contribution in [2.45, 2.75) is 0 Å². The normalized spacial score (nSPS) is 16.4. The molecule has 5 rings (SSSR count). The second-order valence-corrected chi connectivity index (χ2v) is 6.91. The van der Waals surface area contributed by atoms with Gasteiger partial charge in [-0.05, 0) is 66.0 Å². The largest absolute Gasteiger partial charge is 0.497 e. The van der Waals surface area contributed by atoms with Crippen LogP contribution in [0.15, 0.2) is 84.9 Å². The smallest absolute Gasteiger partial charge is 0.119 e. The van der Waals surface area contributed by atoms with Gasteiger partial charge in [0.2, 0.25) is 0 Å². The lowest BCUT2D eigenvalue weighted by Crippen LogP contribution is -1.92. The quantitative estimate of drug-likeness (QED) is 0.430. The van der Waals surface area contributed by atoms with Crippen molar-refractivity contribution in [1.29, 1.82) is 0 Å². The van der Waals surface area contributed by atoms with Gasteiger partial charge in [0.05, 0.1) is 14.2 Å². The van der Waals surface area contributed by atoms with Crippen molar-refractivity contribution >= 4 is 0 Å². The van der Waals surface area contributed by atoms with Crippen LogP contribution in [0, 0.1) is 41.7 Å². The molecule has 0 radical (unpaired) electrons. The molecule has 0 amide bonds. The zero-order valence-electron chi connectivity index (χ0n) is 15.9. The monoisotopic (exact) mass is 364 g/mol. The SMILES string of the molecule is COc1ccc2/c(c1)=c1/cccc/c1=c1\ccc(OC)c\c1=c1/cccc/c1=2. The highest BCUT2D eigenvalue weighted by Gasteiger charge is 2.03. The first-order valence-corrected chi connectivity index (χ1v) is 9.36. The highest BCUT2D eigenvalue weighted by molar-refractivity contribution is 5.35. The van der Waals surface area contributed by atoms with E-state index in [-0.39, 0.29) is 0 Å². The Bertz CT molecular complexity index is 1470. The van der Waals surface area contributed by atoms with Gasteiger partial charge in [-0.3, -0.25) is 0 Å². The summed E-state index contributed by atoms with van der Waals surface area (Å²) in [5.74, 6) is 1.73. The van der Waals surface area contributed by atoms with Gasteiger partial charge in [0.25, 0.3) is 0 Å². The molecule has 0 aliphatic heterocycles. The predicted octanol–water partition coefficient (Wildman–Crippen LogP) is 5.17. The van der Waals surface area contributed by atoms with Crippen LogP contribution in [-0.4, -0.2) is 14.2 Å². The summed E-state index contributed by atoms with van der Waals surface area (Å²) < 4.78 is 11.1. The number of benzene rings is 4. The molecule has 136 valence electrons. The van der Waals surface area contributed by atoms with Gasteiger partial charge in [0, 0.05) is 0 Å². The van der Waals surface area contributed by atoms with E-state index in [0.717, 1.165) is 11.5 Å². The van der Waals surface area contributed by atoms with Crippen molar-refractivity contribution < 1.29 is 9.47 Å². The fraction of sp³-hybridized carbons (Fsp3) is 0.0769. The van der Waals surface area contributed by atoms with Crippen molar-refractivity contribution in [1.82, 2.24) is 0 Å². The number of methoxy groups -OCH3 is 2. The fourth-order valence-electron chi connectivity index (χ4n) is 4.12. The van der Waals surface area contributed by atoms with E-state index in [9.17, 15) is 0 Å². The zero-order valence-corrected chi connectivity index (χ0v) is 15.9. The zero-order chi connectivity index (χ0) is 19.1. The predicted molar refractivity (Wildman–Crippen MR) is 110 cm³/mol. The minimum atomic E-state index is 0.863. The topological polar surface area (TPSA) is 18.5 Å². The summed E-state index contributed by atoms with van der Waals surface area (Å²) in [6, 6.07) is 29.8. The molecule has 1 aliphatic rings. The van der Waals surface area contributed by atoms with E-state index < -0.39 is 0 Å². The van der Waals surface area contributed by atoms with Gasteiger partial charge in [-0.25, -0.2) is 0 Å². The van der Waals surface area contributed by atoms with Crippen LogP contribution >= 0.6 is 0 Å². The molecule has 0 bridgehead atoms. The molecule has 4 aromatic rings. The maximum atomic E-state index is 5.54. The Kier molecular flexibility index (Phi) is 3.91. The molecule has 0 spiro atoms. The molecule has 0 saturated carbocycles. The van der Waals surface area contributed by atoms with Gasteiger partial charge in [-0.2, -0.15) is 0 Å². The second kappa shape index (κ2) is 6.58. The third-order valence-electron chi connectivity index (χ3n) is 5.47. The first-order valence-electron chi connectivity index (χ1n) is 9.36. The first-order chi connectivity index (χ1) is 13.8. The number of hydrogen-bond donors (Lipinski definition) is 0. The summed E-state index contributed by atoms with van der Waals surface area (Å²) in [5, 5.41) is 9.62. The molecule has 0 atom stereocenters. The van der Waals surface area contributed by atoms with Crippen LogP contribution in [0.2, 0.25) is 0 Å². The molecular formula is C26H20O2. The Hall–Kier alpha value is -3.52. The fourth-order valence-corrected chi connectivity index (χ4v) is 4.12. The molecule has 0 saturated heterocycles. The number of hydrogen-bond acceptors (Lipinski definition) is 2. The molecular weight excluding hydrogens is 344 g/mol.